The number of nitrogens with one attached hydrogen (secondary N) is 3. The third-order valence-electron chi connectivity index (χ3n) is 4.88. The standard InChI is InChI=1S/C23H28N4O6S/c24-17(10-15-6-8-16(28)9-7-15)21(30)25-12-20(29)26-18(11-14-4-2-1-3-5-14)22(31)27-19(13-34)23(32)33/h1-9,17-19,28,34H,10-13,24H2,(H,25,30)(H,26,29)(H,27,31)(H,32,33). The van der Waals surface area contributed by atoms with Crippen LogP contribution in [0.2, 0.25) is 0 Å². The van der Waals surface area contributed by atoms with Crippen LogP contribution in [0.15, 0.2) is 54.6 Å². The van der Waals surface area contributed by atoms with E-state index in [0.717, 1.165) is 11.1 Å². The topological polar surface area (TPSA) is 171 Å². The molecule has 0 aliphatic carbocycles. The summed E-state index contributed by atoms with van der Waals surface area (Å²) in [6.45, 7) is -0.421. The molecule has 3 amide bonds. The Morgan fingerprint density at radius 1 is 0.853 bits per heavy atom. The summed E-state index contributed by atoms with van der Waals surface area (Å²) < 4.78 is 0. The van der Waals surface area contributed by atoms with Crippen molar-refractivity contribution in [2.45, 2.75) is 31.0 Å². The van der Waals surface area contributed by atoms with Crippen LogP contribution in [0.1, 0.15) is 11.1 Å². The van der Waals surface area contributed by atoms with Crippen molar-refractivity contribution < 1.29 is 29.4 Å². The molecule has 0 saturated heterocycles. The minimum Gasteiger partial charge on any atom is -0.508 e. The number of carbonyl (C=O) groups is 4. The zero-order chi connectivity index (χ0) is 25.1. The highest BCUT2D eigenvalue weighted by molar-refractivity contribution is 7.80. The summed E-state index contributed by atoms with van der Waals surface area (Å²) in [5, 5.41) is 25.8. The van der Waals surface area contributed by atoms with Crippen LogP contribution in [0.3, 0.4) is 0 Å². The molecule has 0 fully saturated rings. The van der Waals surface area contributed by atoms with Crippen molar-refractivity contribution in [3.05, 3.63) is 65.7 Å². The average Bonchev–Trinajstić information content (AvgIpc) is 2.82. The van der Waals surface area contributed by atoms with E-state index in [1.807, 2.05) is 0 Å². The van der Waals surface area contributed by atoms with Gasteiger partial charge in [-0.1, -0.05) is 42.5 Å². The monoisotopic (exact) mass is 488 g/mol. The second-order valence-electron chi connectivity index (χ2n) is 7.59. The van der Waals surface area contributed by atoms with E-state index in [1.165, 1.54) is 12.1 Å². The molecule has 11 heteroatoms. The van der Waals surface area contributed by atoms with Gasteiger partial charge in [0.25, 0.3) is 0 Å². The summed E-state index contributed by atoms with van der Waals surface area (Å²) in [7, 11) is 0. The molecule has 3 unspecified atom stereocenters. The fraction of sp³-hybridized carbons (Fsp3) is 0.304. The smallest absolute Gasteiger partial charge is 0.327 e. The van der Waals surface area contributed by atoms with Crippen molar-refractivity contribution in [3.63, 3.8) is 0 Å². The third-order valence-corrected chi connectivity index (χ3v) is 5.25. The van der Waals surface area contributed by atoms with Crippen LogP contribution < -0.4 is 21.7 Å². The zero-order valence-electron chi connectivity index (χ0n) is 18.3. The van der Waals surface area contributed by atoms with Crippen LogP contribution >= 0.6 is 12.6 Å². The van der Waals surface area contributed by atoms with Crippen LogP contribution in [0.25, 0.3) is 0 Å². The quantitative estimate of drug-likeness (QED) is 0.199. The van der Waals surface area contributed by atoms with Gasteiger partial charge in [0.2, 0.25) is 17.7 Å². The molecule has 0 aromatic heterocycles. The Bertz CT molecular complexity index is 987. The summed E-state index contributed by atoms with van der Waals surface area (Å²) in [5.41, 5.74) is 7.38. The van der Waals surface area contributed by atoms with Gasteiger partial charge >= 0.3 is 5.97 Å². The van der Waals surface area contributed by atoms with E-state index >= 15 is 0 Å². The molecule has 2 rings (SSSR count). The van der Waals surface area contributed by atoms with Gasteiger partial charge in [-0.2, -0.15) is 12.6 Å². The van der Waals surface area contributed by atoms with Crippen molar-refractivity contribution in [3.8, 4) is 5.75 Å². The Morgan fingerprint density at radius 2 is 1.47 bits per heavy atom. The number of carbonyl (C=O) groups excluding carboxylic acids is 3. The van der Waals surface area contributed by atoms with Gasteiger partial charge in [0, 0.05) is 12.2 Å². The minimum absolute atomic E-state index is 0.0941. The number of nitrogens with two attached hydrogens (primary N) is 1. The van der Waals surface area contributed by atoms with E-state index in [-0.39, 0.29) is 24.3 Å². The van der Waals surface area contributed by atoms with Crippen molar-refractivity contribution in [2.24, 2.45) is 5.73 Å². The number of hydrogen-bond donors (Lipinski definition) is 7. The third kappa shape index (κ3) is 8.75. The van der Waals surface area contributed by atoms with Gasteiger partial charge in [-0.15, -0.1) is 0 Å². The van der Waals surface area contributed by atoms with E-state index in [4.69, 9.17) is 10.8 Å². The lowest BCUT2D eigenvalue weighted by Gasteiger charge is -2.21. The molecule has 0 radical (unpaired) electrons. The molecule has 0 aliphatic rings. The van der Waals surface area contributed by atoms with Crippen LogP contribution in [0, 0.1) is 0 Å². The van der Waals surface area contributed by atoms with Gasteiger partial charge in [-0.05, 0) is 29.7 Å². The second-order valence-corrected chi connectivity index (χ2v) is 7.95. The van der Waals surface area contributed by atoms with E-state index < -0.39 is 48.4 Å². The van der Waals surface area contributed by atoms with Crippen molar-refractivity contribution in [1.82, 2.24) is 16.0 Å². The van der Waals surface area contributed by atoms with Crippen molar-refractivity contribution in [1.29, 1.82) is 0 Å². The maximum Gasteiger partial charge on any atom is 0.327 e. The highest BCUT2D eigenvalue weighted by Gasteiger charge is 2.26. The molecular formula is C23H28N4O6S. The maximum absolute atomic E-state index is 12.7. The largest absolute Gasteiger partial charge is 0.508 e. The summed E-state index contributed by atoms with van der Waals surface area (Å²) in [5.74, 6) is -3.16. The number of amides is 3. The average molecular weight is 489 g/mol. The van der Waals surface area contributed by atoms with Gasteiger partial charge in [-0.3, -0.25) is 14.4 Å². The summed E-state index contributed by atoms with van der Waals surface area (Å²) in [6, 6.07) is 11.9. The van der Waals surface area contributed by atoms with E-state index in [2.05, 4.69) is 28.6 Å². The summed E-state index contributed by atoms with van der Waals surface area (Å²) >= 11 is 3.93. The van der Waals surface area contributed by atoms with Crippen molar-refractivity contribution in [2.75, 3.05) is 12.3 Å². The highest BCUT2D eigenvalue weighted by Crippen LogP contribution is 2.11. The molecule has 10 nitrogen and oxygen atoms in total. The molecule has 7 N–H and O–H groups in total. The van der Waals surface area contributed by atoms with E-state index in [1.54, 1.807) is 42.5 Å². The zero-order valence-corrected chi connectivity index (χ0v) is 19.2. The second kappa shape index (κ2) is 13.2. The van der Waals surface area contributed by atoms with Gasteiger partial charge in [0.1, 0.15) is 17.8 Å². The Hall–Kier alpha value is -3.57. The number of carboxylic acids is 1. The van der Waals surface area contributed by atoms with Crippen LogP contribution in [0.5, 0.6) is 5.75 Å². The molecule has 0 saturated carbocycles. The first-order chi connectivity index (χ1) is 16.2. The number of phenolic OH excluding ortho intramolecular Hbond substituents is 1. The SMILES string of the molecule is NC(Cc1ccc(O)cc1)C(=O)NCC(=O)NC(Cc1ccccc1)C(=O)NC(CS)C(=O)O. The van der Waals surface area contributed by atoms with Gasteiger partial charge in [-0.25, -0.2) is 4.79 Å². The summed E-state index contributed by atoms with van der Waals surface area (Å²) in [4.78, 5) is 48.6. The van der Waals surface area contributed by atoms with Crippen LogP contribution in [-0.2, 0) is 32.0 Å². The number of aromatic hydroxyl groups is 1. The fourth-order valence-corrected chi connectivity index (χ4v) is 3.29. The Kier molecular flexibility index (Phi) is 10.4. The normalized spacial score (nSPS) is 13.2. The van der Waals surface area contributed by atoms with Gasteiger partial charge in [0.15, 0.2) is 0 Å². The lowest BCUT2D eigenvalue weighted by atomic mass is 10.0. The first-order valence-electron chi connectivity index (χ1n) is 10.5. The predicted octanol–water partition coefficient (Wildman–Crippen LogP) is -0.395. The number of thiol groups is 1. The van der Waals surface area contributed by atoms with Crippen LogP contribution in [0.4, 0.5) is 0 Å². The lowest BCUT2D eigenvalue weighted by molar-refractivity contribution is -0.141. The molecular weight excluding hydrogens is 460 g/mol. The first-order valence-corrected chi connectivity index (χ1v) is 11.1. The molecule has 0 bridgehead atoms. The lowest BCUT2D eigenvalue weighted by Crippen LogP contribution is -2.55. The number of benzene rings is 2. The molecule has 34 heavy (non-hydrogen) atoms. The number of carboxylic acid groups (broad SMARTS) is 1. The molecule has 2 aromatic rings. The van der Waals surface area contributed by atoms with Gasteiger partial charge in [0.05, 0.1) is 12.6 Å². The van der Waals surface area contributed by atoms with Gasteiger partial charge < -0.3 is 31.9 Å². The Labute approximate surface area is 202 Å². The minimum atomic E-state index is -1.25. The summed E-state index contributed by atoms with van der Waals surface area (Å²) in [6.07, 6.45) is 0.318. The predicted molar refractivity (Wildman–Crippen MR) is 128 cm³/mol. The maximum atomic E-state index is 12.7. The molecule has 182 valence electrons. The number of rotatable bonds is 12. The number of phenols is 1. The van der Waals surface area contributed by atoms with Crippen molar-refractivity contribution >= 4 is 36.3 Å². The highest BCUT2D eigenvalue weighted by atomic mass is 32.1. The molecule has 2 aromatic carbocycles. The fourth-order valence-electron chi connectivity index (χ4n) is 3.04. The van der Waals surface area contributed by atoms with E-state index in [9.17, 15) is 24.3 Å². The Balaban J connectivity index is 1.96. The van der Waals surface area contributed by atoms with E-state index in [0.29, 0.717) is 0 Å². The first kappa shape index (κ1) is 26.7. The molecule has 0 spiro atoms. The van der Waals surface area contributed by atoms with Crippen LogP contribution in [-0.4, -0.2) is 64.3 Å². The Morgan fingerprint density at radius 3 is 2.06 bits per heavy atom. The molecule has 3 atom stereocenters. The molecule has 0 aliphatic heterocycles. The number of hydrogen-bond acceptors (Lipinski definition) is 7. The number of aliphatic carboxylic acids is 1. The molecule has 0 heterocycles.